The summed E-state index contributed by atoms with van der Waals surface area (Å²) in [5.41, 5.74) is 0.440. The Morgan fingerprint density at radius 2 is 2.00 bits per heavy atom. The standard InChI is InChI=1S/C12H18ClFN2O2S/c1-4-5-15-8-9-6-10(7-11(14)12(9)13)19(17,18)16(2)3/h6-7,15H,4-5,8H2,1-3H3. The van der Waals surface area contributed by atoms with Crippen molar-refractivity contribution in [3.63, 3.8) is 0 Å². The summed E-state index contributed by atoms with van der Waals surface area (Å²) < 4.78 is 38.7. The summed E-state index contributed by atoms with van der Waals surface area (Å²) >= 11 is 5.85. The molecule has 0 fully saturated rings. The molecule has 1 rings (SSSR count). The molecular weight excluding hydrogens is 291 g/mol. The third-order valence-electron chi connectivity index (χ3n) is 2.60. The average molecular weight is 309 g/mol. The highest BCUT2D eigenvalue weighted by molar-refractivity contribution is 7.89. The molecule has 0 radical (unpaired) electrons. The monoisotopic (exact) mass is 308 g/mol. The van der Waals surface area contributed by atoms with Crippen molar-refractivity contribution in [2.45, 2.75) is 24.8 Å². The summed E-state index contributed by atoms with van der Waals surface area (Å²) in [4.78, 5) is -0.0901. The molecule has 0 saturated carbocycles. The molecular formula is C12H18ClFN2O2S. The molecule has 0 atom stereocenters. The Balaban J connectivity index is 3.17. The normalized spacial score (nSPS) is 12.1. The van der Waals surface area contributed by atoms with Crippen molar-refractivity contribution < 1.29 is 12.8 Å². The Hall–Kier alpha value is -0.690. The summed E-state index contributed by atoms with van der Waals surface area (Å²) in [5, 5.41) is 3.03. The lowest BCUT2D eigenvalue weighted by atomic mass is 10.2. The average Bonchev–Trinajstić information content (AvgIpc) is 2.34. The number of rotatable bonds is 6. The highest BCUT2D eigenvalue weighted by Crippen LogP contribution is 2.25. The van der Waals surface area contributed by atoms with Crippen molar-refractivity contribution >= 4 is 21.6 Å². The molecule has 0 unspecified atom stereocenters. The Morgan fingerprint density at radius 3 is 2.53 bits per heavy atom. The highest BCUT2D eigenvalue weighted by Gasteiger charge is 2.20. The smallest absolute Gasteiger partial charge is 0.242 e. The largest absolute Gasteiger partial charge is 0.313 e. The topological polar surface area (TPSA) is 49.4 Å². The van der Waals surface area contributed by atoms with Crippen LogP contribution < -0.4 is 5.32 Å². The van der Waals surface area contributed by atoms with Crippen LogP contribution in [0.4, 0.5) is 4.39 Å². The van der Waals surface area contributed by atoms with Gasteiger partial charge < -0.3 is 5.32 Å². The Bertz CT molecular complexity index is 547. The summed E-state index contributed by atoms with van der Waals surface area (Å²) in [6.07, 6.45) is 0.926. The third-order valence-corrected chi connectivity index (χ3v) is 4.81. The minimum Gasteiger partial charge on any atom is -0.313 e. The van der Waals surface area contributed by atoms with Gasteiger partial charge in [-0.3, -0.25) is 0 Å². The zero-order valence-corrected chi connectivity index (χ0v) is 12.8. The number of benzene rings is 1. The predicted molar refractivity (Wildman–Crippen MR) is 74.3 cm³/mol. The molecule has 1 N–H and O–H groups in total. The molecule has 0 heterocycles. The molecule has 7 heteroatoms. The molecule has 0 spiro atoms. The maximum Gasteiger partial charge on any atom is 0.242 e. The van der Waals surface area contributed by atoms with Crippen LogP contribution in [0.2, 0.25) is 5.02 Å². The van der Waals surface area contributed by atoms with Crippen molar-refractivity contribution in [3.05, 3.63) is 28.5 Å². The fraction of sp³-hybridized carbons (Fsp3) is 0.500. The number of nitrogens with one attached hydrogen (secondary N) is 1. The van der Waals surface area contributed by atoms with E-state index in [2.05, 4.69) is 5.32 Å². The van der Waals surface area contributed by atoms with Crippen LogP contribution in [0.25, 0.3) is 0 Å². The highest BCUT2D eigenvalue weighted by atomic mass is 35.5. The molecule has 108 valence electrons. The number of halogens is 2. The number of nitrogens with zero attached hydrogens (tertiary/aromatic N) is 1. The van der Waals surface area contributed by atoms with Gasteiger partial charge in [0.25, 0.3) is 0 Å². The van der Waals surface area contributed by atoms with Crippen LogP contribution >= 0.6 is 11.6 Å². The van der Waals surface area contributed by atoms with E-state index in [-0.39, 0.29) is 9.92 Å². The van der Waals surface area contributed by atoms with Gasteiger partial charge >= 0.3 is 0 Å². The number of sulfonamides is 1. The van der Waals surface area contributed by atoms with Gasteiger partial charge in [-0.2, -0.15) is 0 Å². The van der Waals surface area contributed by atoms with E-state index in [9.17, 15) is 12.8 Å². The molecule has 0 amide bonds. The van der Waals surface area contributed by atoms with E-state index in [1.54, 1.807) is 0 Å². The quantitative estimate of drug-likeness (QED) is 0.820. The molecule has 0 bridgehead atoms. The van der Waals surface area contributed by atoms with Crippen molar-refractivity contribution in [1.82, 2.24) is 9.62 Å². The maximum absolute atomic E-state index is 13.7. The van der Waals surface area contributed by atoms with Crippen LogP contribution in [0.3, 0.4) is 0 Å². The molecule has 0 saturated heterocycles. The van der Waals surface area contributed by atoms with Gasteiger partial charge in [-0.25, -0.2) is 17.1 Å². The van der Waals surface area contributed by atoms with Gasteiger partial charge in [-0.05, 0) is 30.7 Å². The van der Waals surface area contributed by atoms with Crippen LogP contribution in [0.5, 0.6) is 0 Å². The minimum absolute atomic E-state index is 0.0405. The van der Waals surface area contributed by atoms with E-state index < -0.39 is 15.8 Å². The molecule has 0 aromatic heterocycles. The molecule has 4 nitrogen and oxygen atoms in total. The van der Waals surface area contributed by atoms with E-state index in [1.807, 2.05) is 6.92 Å². The fourth-order valence-electron chi connectivity index (χ4n) is 1.51. The molecule has 0 aliphatic rings. The van der Waals surface area contributed by atoms with Gasteiger partial charge in [0, 0.05) is 20.6 Å². The Kier molecular flexibility index (Phi) is 5.73. The molecule has 1 aromatic rings. The zero-order valence-electron chi connectivity index (χ0n) is 11.2. The first kappa shape index (κ1) is 16.4. The van der Waals surface area contributed by atoms with Crippen LogP contribution in [0.15, 0.2) is 17.0 Å². The van der Waals surface area contributed by atoms with Gasteiger partial charge in [0.15, 0.2) is 0 Å². The first-order valence-electron chi connectivity index (χ1n) is 5.91. The summed E-state index contributed by atoms with van der Waals surface area (Å²) in [7, 11) is -0.863. The molecule has 0 aliphatic carbocycles. The van der Waals surface area contributed by atoms with Gasteiger partial charge in [0.1, 0.15) is 5.82 Å². The van der Waals surface area contributed by atoms with Crippen molar-refractivity contribution in [3.8, 4) is 0 Å². The summed E-state index contributed by atoms with van der Waals surface area (Å²) in [6.45, 7) is 3.09. The number of hydrogen-bond donors (Lipinski definition) is 1. The fourth-order valence-corrected chi connectivity index (χ4v) is 2.65. The predicted octanol–water partition coefficient (Wildman–Crippen LogP) is 2.23. The second-order valence-electron chi connectivity index (χ2n) is 4.34. The van der Waals surface area contributed by atoms with Crippen molar-refractivity contribution in [1.29, 1.82) is 0 Å². The third kappa shape index (κ3) is 3.89. The van der Waals surface area contributed by atoms with E-state index in [0.29, 0.717) is 12.1 Å². The molecule has 0 aliphatic heterocycles. The molecule has 1 aromatic carbocycles. The van der Waals surface area contributed by atoms with Gasteiger partial charge in [-0.1, -0.05) is 18.5 Å². The second-order valence-corrected chi connectivity index (χ2v) is 6.87. The van der Waals surface area contributed by atoms with E-state index in [1.165, 1.54) is 20.2 Å². The lowest BCUT2D eigenvalue weighted by Crippen LogP contribution is -2.23. The van der Waals surface area contributed by atoms with Crippen molar-refractivity contribution in [2.75, 3.05) is 20.6 Å². The lowest BCUT2D eigenvalue weighted by molar-refractivity contribution is 0.518. The van der Waals surface area contributed by atoms with Crippen LogP contribution in [-0.2, 0) is 16.6 Å². The van der Waals surface area contributed by atoms with Gasteiger partial charge in [-0.15, -0.1) is 0 Å². The van der Waals surface area contributed by atoms with E-state index in [0.717, 1.165) is 23.3 Å². The number of hydrogen-bond acceptors (Lipinski definition) is 3. The molecule has 19 heavy (non-hydrogen) atoms. The van der Waals surface area contributed by atoms with Gasteiger partial charge in [0.05, 0.1) is 9.92 Å². The van der Waals surface area contributed by atoms with Crippen LogP contribution in [-0.4, -0.2) is 33.4 Å². The summed E-state index contributed by atoms with van der Waals surface area (Å²) in [5.74, 6) is -0.724. The first-order valence-corrected chi connectivity index (χ1v) is 7.73. The Morgan fingerprint density at radius 1 is 1.37 bits per heavy atom. The van der Waals surface area contributed by atoms with Crippen molar-refractivity contribution in [2.24, 2.45) is 0 Å². The van der Waals surface area contributed by atoms with Crippen LogP contribution in [0.1, 0.15) is 18.9 Å². The summed E-state index contributed by atoms with van der Waals surface area (Å²) in [6, 6.07) is 2.35. The first-order chi connectivity index (χ1) is 8.80. The zero-order chi connectivity index (χ0) is 14.6. The minimum atomic E-state index is -3.66. The Labute approximate surface area is 118 Å². The van der Waals surface area contributed by atoms with E-state index in [4.69, 9.17) is 11.6 Å². The van der Waals surface area contributed by atoms with Crippen LogP contribution in [0, 0.1) is 5.82 Å². The second kappa shape index (κ2) is 6.65. The SMILES string of the molecule is CCCNCc1cc(S(=O)(=O)N(C)C)cc(F)c1Cl. The van der Waals surface area contributed by atoms with E-state index >= 15 is 0 Å². The lowest BCUT2D eigenvalue weighted by Gasteiger charge is -2.14. The maximum atomic E-state index is 13.7. The van der Waals surface area contributed by atoms with Gasteiger partial charge in [0.2, 0.25) is 10.0 Å².